The summed E-state index contributed by atoms with van der Waals surface area (Å²) in [6.07, 6.45) is 3.83. The second-order valence-corrected chi connectivity index (χ2v) is 8.66. The largest absolute Gasteiger partial charge is 0.381 e. The lowest BCUT2D eigenvalue weighted by Gasteiger charge is -2.08. The van der Waals surface area contributed by atoms with Crippen LogP contribution in [0, 0.1) is 17.8 Å². The molecule has 1 aromatic heterocycles. The van der Waals surface area contributed by atoms with Crippen LogP contribution in [-0.4, -0.2) is 23.6 Å². The molecule has 0 bridgehead atoms. The number of nitrogens with two attached hydrogens (primary N) is 1. The van der Waals surface area contributed by atoms with E-state index < -0.39 is 15.1 Å². The summed E-state index contributed by atoms with van der Waals surface area (Å²) in [5.41, 5.74) is 7.70. The first-order chi connectivity index (χ1) is 11.4. The summed E-state index contributed by atoms with van der Waals surface area (Å²) in [6, 6.07) is 6.65. The Morgan fingerprint density at radius 3 is 2.46 bits per heavy atom. The third kappa shape index (κ3) is 3.41. The molecular weight excluding hydrogens is 322 g/mol. The molecule has 24 heavy (non-hydrogen) atoms. The van der Waals surface area contributed by atoms with Gasteiger partial charge in [-0.1, -0.05) is 18.1 Å². The van der Waals surface area contributed by atoms with Gasteiger partial charge in [-0.15, -0.1) is 0 Å². The van der Waals surface area contributed by atoms with Gasteiger partial charge in [0.25, 0.3) is 0 Å². The molecule has 0 aliphatic heterocycles. The quantitative estimate of drug-likeness (QED) is 0.868. The highest BCUT2D eigenvalue weighted by molar-refractivity contribution is 7.92. The maximum Gasteiger partial charge on any atom is 0.180 e. The molecule has 1 saturated carbocycles. The zero-order chi connectivity index (χ0) is 17.3. The van der Waals surface area contributed by atoms with Gasteiger partial charge in [-0.25, -0.2) is 18.4 Å². The number of aromatic nitrogens is 2. The highest BCUT2D eigenvalue weighted by atomic mass is 32.2. The molecule has 6 heteroatoms. The van der Waals surface area contributed by atoms with Gasteiger partial charge in [0, 0.05) is 11.5 Å². The SMILES string of the molecule is CC(C)S(=O)(=O)c1ccc(-c2cnc(N)c(C#CC3CC3)n2)cc1. The lowest BCUT2D eigenvalue weighted by molar-refractivity contribution is 0.587. The summed E-state index contributed by atoms with van der Waals surface area (Å²) in [7, 11) is -3.28. The van der Waals surface area contributed by atoms with E-state index >= 15 is 0 Å². The minimum atomic E-state index is -3.28. The second-order valence-electron chi connectivity index (χ2n) is 6.15. The number of benzene rings is 1. The average Bonchev–Trinajstić information content (AvgIpc) is 3.38. The normalized spacial score (nSPS) is 14.3. The van der Waals surface area contributed by atoms with Crippen LogP contribution in [0.1, 0.15) is 32.4 Å². The Hall–Kier alpha value is -2.39. The zero-order valence-electron chi connectivity index (χ0n) is 13.7. The molecule has 0 amide bonds. The summed E-state index contributed by atoms with van der Waals surface area (Å²) in [6.45, 7) is 3.33. The van der Waals surface area contributed by atoms with Crippen LogP contribution in [0.3, 0.4) is 0 Å². The highest BCUT2D eigenvalue weighted by Crippen LogP contribution is 2.28. The van der Waals surface area contributed by atoms with E-state index in [2.05, 4.69) is 21.8 Å². The fourth-order valence-corrected chi connectivity index (χ4v) is 3.17. The Kier molecular flexibility index (Phi) is 4.29. The summed E-state index contributed by atoms with van der Waals surface area (Å²) in [5.74, 6) is 6.88. The van der Waals surface area contributed by atoms with E-state index in [1.807, 2.05) is 0 Å². The molecule has 2 aromatic rings. The van der Waals surface area contributed by atoms with E-state index in [1.165, 1.54) is 0 Å². The van der Waals surface area contributed by atoms with Crippen LogP contribution in [0.5, 0.6) is 0 Å². The maximum absolute atomic E-state index is 12.2. The van der Waals surface area contributed by atoms with Crippen LogP contribution in [-0.2, 0) is 9.84 Å². The summed E-state index contributed by atoms with van der Waals surface area (Å²) >= 11 is 0. The molecule has 1 heterocycles. The molecule has 1 aliphatic rings. The zero-order valence-corrected chi connectivity index (χ0v) is 14.5. The van der Waals surface area contributed by atoms with Crippen molar-refractivity contribution in [3.05, 3.63) is 36.2 Å². The van der Waals surface area contributed by atoms with Gasteiger partial charge < -0.3 is 5.73 Å². The number of hydrogen-bond acceptors (Lipinski definition) is 5. The summed E-state index contributed by atoms with van der Waals surface area (Å²) in [5, 5.41) is -0.455. The van der Waals surface area contributed by atoms with Crippen LogP contribution in [0.25, 0.3) is 11.3 Å². The van der Waals surface area contributed by atoms with Crippen LogP contribution in [0.2, 0.25) is 0 Å². The monoisotopic (exact) mass is 341 g/mol. The standard InChI is InChI=1S/C18H19N3O2S/c1-12(2)24(22,23)15-8-6-14(7-9-15)17-11-20-18(19)16(21-17)10-5-13-3-4-13/h6-9,11-13H,3-4H2,1-2H3,(H2,19,20). The summed E-state index contributed by atoms with van der Waals surface area (Å²) < 4.78 is 24.3. The number of nitrogen functional groups attached to an aromatic ring is 1. The van der Waals surface area contributed by atoms with Crippen molar-refractivity contribution in [2.45, 2.75) is 36.8 Å². The average molecular weight is 341 g/mol. The van der Waals surface area contributed by atoms with E-state index in [0.717, 1.165) is 18.4 Å². The number of rotatable bonds is 3. The molecule has 5 nitrogen and oxygen atoms in total. The van der Waals surface area contributed by atoms with Crippen LogP contribution in [0.4, 0.5) is 5.82 Å². The molecule has 1 aromatic carbocycles. The second kappa shape index (κ2) is 6.25. The van der Waals surface area contributed by atoms with E-state index in [4.69, 9.17) is 5.73 Å². The molecule has 0 saturated heterocycles. The van der Waals surface area contributed by atoms with Crippen molar-refractivity contribution in [2.24, 2.45) is 5.92 Å². The Balaban J connectivity index is 1.92. The van der Waals surface area contributed by atoms with E-state index in [9.17, 15) is 8.42 Å². The molecule has 0 unspecified atom stereocenters. The smallest absolute Gasteiger partial charge is 0.180 e. The Labute approximate surface area is 142 Å². The topological polar surface area (TPSA) is 85.9 Å². The summed E-state index contributed by atoms with van der Waals surface area (Å²) in [4.78, 5) is 8.91. The van der Waals surface area contributed by atoms with Gasteiger partial charge in [-0.3, -0.25) is 0 Å². The van der Waals surface area contributed by atoms with E-state index in [0.29, 0.717) is 28.0 Å². The first-order valence-electron chi connectivity index (χ1n) is 7.86. The van der Waals surface area contributed by atoms with Gasteiger partial charge in [0.2, 0.25) is 0 Å². The van der Waals surface area contributed by atoms with Gasteiger partial charge in [0.15, 0.2) is 21.3 Å². The fraction of sp³-hybridized carbons (Fsp3) is 0.333. The van der Waals surface area contributed by atoms with Crippen LogP contribution in [0.15, 0.2) is 35.4 Å². The molecule has 0 radical (unpaired) electrons. The third-order valence-electron chi connectivity index (χ3n) is 3.87. The first-order valence-corrected chi connectivity index (χ1v) is 9.41. The van der Waals surface area contributed by atoms with Crippen molar-refractivity contribution in [1.82, 2.24) is 9.97 Å². The number of sulfone groups is 1. The van der Waals surface area contributed by atoms with Crippen LogP contribution >= 0.6 is 0 Å². The third-order valence-corrected chi connectivity index (χ3v) is 6.04. The molecule has 0 spiro atoms. The number of anilines is 1. The molecule has 0 atom stereocenters. The number of hydrogen-bond donors (Lipinski definition) is 1. The Bertz CT molecular complexity index is 919. The van der Waals surface area contributed by atoms with Crippen molar-refractivity contribution >= 4 is 15.7 Å². The first kappa shape index (κ1) is 16.5. The lowest BCUT2D eigenvalue weighted by atomic mass is 10.1. The predicted molar refractivity (Wildman–Crippen MR) is 93.8 cm³/mol. The Morgan fingerprint density at radius 1 is 1.21 bits per heavy atom. The minimum Gasteiger partial charge on any atom is -0.381 e. The van der Waals surface area contributed by atoms with Crippen LogP contribution < -0.4 is 5.73 Å². The molecular formula is C18H19N3O2S. The predicted octanol–water partition coefficient (Wildman–Crippen LogP) is 2.67. The lowest BCUT2D eigenvalue weighted by Crippen LogP contribution is -2.13. The van der Waals surface area contributed by atoms with Gasteiger partial charge in [0.1, 0.15) is 0 Å². The van der Waals surface area contributed by atoms with E-state index in [-0.39, 0.29) is 0 Å². The van der Waals surface area contributed by atoms with Crippen molar-refractivity contribution in [1.29, 1.82) is 0 Å². The molecule has 2 N–H and O–H groups in total. The van der Waals surface area contributed by atoms with Crippen molar-refractivity contribution < 1.29 is 8.42 Å². The van der Waals surface area contributed by atoms with Crippen molar-refractivity contribution in [3.63, 3.8) is 0 Å². The molecule has 3 rings (SSSR count). The van der Waals surface area contributed by atoms with Gasteiger partial charge in [-0.2, -0.15) is 0 Å². The van der Waals surface area contributed by atoms with Crippen molar-refractivity contribution in [3.8, 4) is 23.1 Å². The Morgan fingerprint density at radius 2 is 1.88 bits per heavy atom. The maximum atomic E-state index is 12.2. The van der Waals surface area contributed by atoms with Crippen molar-refractivity contribution in [2.75, 3.05) is 5.73 Å². The highest BCUT2D eigenvalue weighted by Gasteiger charge is 2.19. The van der Waals surface area contributed by atoms with Gasteiger partial charge >= 0.3 is 0 Å². The fourth-order valence-electron chi connectivity index (χ4n) is 2.12. The minimum absolute atomic E-state index is 0.304. The van der Waals surface area contributed by atoms with E-state index in [1.54, 1.807) is 44.3 Å². The molecule has 1 fully saturated rings. The van der Waals surface area contributed by atoms with Gasteiger partial charge in [0.05, 0.1) is 22.0 Å². The molecule has 1 aliphatic carbocycles. The number of nitrogens with zero attached hydrogens (tertiary/aromatic N) is 2. The molecule has 124 valence electrons. The van der Waals surface area contributed by atoms with Gasteiger partial charge in [-0.05, 0) is 44.7 Å².